The summed E-state index contributed by atoms with van der Waals surface area (Å²) in [6.45, 7) is 0. The van der Waals surface area contributed by atoms with Crippen molar-refractivity contribution in [2.24, 2.45) is 0 Å². The van der Waals surface area contributed by atoms with Gasteiger partial charge in [-0.05, 0) is 40.8 Å². The number of amides is 1. The fourth-order valence-corrected chi connectivity index (χ4v) is 4.51. The highest BCUT2D eigenvalue weighted by atomic mass is 32.2. The smallest absolute Gasteiger partial charge is 0.289 e. The van der Waals surface area contributed by atoms with Crippen molar-refractivity contribution in [1.29, 1.82) is 0 Å². The van der Waals surface area contributed by atoms with Gasteiger partial charge in [-0.1, -0.05) is 42.5 Å². The van der Waals surface area contributed by atoms with E-state index in [2.05, 4.69) is 0 Å². The van der Waals surface area contributed by atoms with E-state index in [1.165, 1.54) is 12.1 Å². The lowest BCUT2D eigenvalue weighted by molar-refractivity contribution is -0.129. The van der Waals surface area contributed by atoms with Crippen LogP contribution in [0.15, 0.2) is 72.1 Å². The van der Waals surface area contributed by atoms with Gasteiger partial charge in [-0.3, -0.25) is 14.6 Å². The first kappa shape index (κ1) is 19.1. The Hall–Kier alpha value is -2.72. The highest BCUT2D eigenvalue weighted by Gasteiger charge is 2.25. The first-order chi connectivity index (χ1) is 12.9. The first-order valence-corrected chi connectivity index (χ1v) is 10.1. The van der Waals surface area contributed by atoms with Gasteiger partial charge in [0.1, 0.15) is 5.00 Å². The summed E-state index contributed by atoms with van der Waals surface area (Å²) in [4.78, 5) is 12.2. The fourth-order valence-electron chi connectivity index (χ4n) is 2.77. The van der Waals surface area contributed by atoms with Crippen molar-refractivity contribution in [3.63, 3.8) is 0 Å². The molecule has 0 radical (unpaired) electrons. The van der Waals surface area contributed by atoms with E-state index in [0.29, 0.717) is 16.1 Å². The standard InChI is InChI=1S/C18H16N2O5S2/c21-18(19-22)17(13-5-2-1-3-6-13)14-8-10-15(11-9-14)20(27(23,24)25)16-7-4-12-26-16/h1-12,17,22H,(H,19,21)(H,23,24,25). The molecule has 0 bridgehead atoms. The van der Waals surface area contributed by atoms with Gasteiger partial charge in [-0.25, -0.2) is 9.79 Å². The van der Waals surface area contributed by atoms with Crippen LogP contribution < -0.4 is 9.79 Å². The van der Waals surface area contributed by atoms with Crippen molar-refractivity contribution in [2.75, 3.05) is 4.31 Å². The number of hydrogen-bond donors (Lipinski definition) is 3. The predicted molar refractivity (Wildman–Crippen MR) is 103 cm³/mol. The van der Waals surface area contributed by atoms with Gasteiger partial charge < -0.3 is 0 Å². The Morgan fingerprint density at radius 3 is 2.11 bits per heavy atom. The van der Waals surface area contributed by atoms with E-state index < -0.39 is 22.1 Å². The molecular formula is C18H16N2O5S2. The van der Waals surface area contributed by atoms with Crippen molar-refractivity contribution in [3.05, 3.63) is 83.2 Å². The zero-order chi connectivity index (χ0) is 19.4. The van der Waals surface area contributed by atoms with Gasteiger partial charge in [-0.15, -0.1) is 11.3 Å². The second-order valence-electron chi connectivity index (χ2n) is 5.60. The predicted octanol–water partition coefficient (Wildman–Crippen LogP) is 3.33. The molecule has 1 amide bonds. The molecule has 0 aliphatic heterocycles. The Morgan fingerprint density at radius 1 is 0.963 bits per heavy atom. The molecule has 0 saturated carbocycles. The molecule has 140 valence electrons. The highest BCUT2D eigenvalue weighted by Crippen LogP contribution is 2.33. The van der Waals surface area contributed by atoms with Crippen LogP contribution in [0.1, 0.15) is 17.0 Å². The number of thiophene rings is 1. The van der Waals surface area contributed by atoms with E-state index in [0.717, 1.165) is 15.6 Å². The van der Waals surface area contributed by atoms with Crippen molar-refractivity contribution in [1.82, 2.24) is 5.48 Å². The van der Waals surface area contributed by atoms with Gasteiger partial charge in [0.05, 0.1) is 11.6 Å². The van der Waals surface area contributed by atoms with Crippen molar-refractivity contribution in [3.8, 4) is 0 Å². The molecule has 0 fully saturated rings. The van der Waals surface area contributed by atoms with E-state index in [1.807, 2.05) is 6.07 Å². The van der Waals surface area contributed by atoms with Gasteiger partial charge in [0, 0.05) is 0 Å². The Labute approximate surface area is 160 Å². The largest absolute Gasteiger partial charge is 0.365 e. The number of hydrogen-bond acceptors (Lipinski definition) is 5. The monoisotopic (exact) mass is 404 g/mol. The molecular weight excluding hydrogens is 388 g/mol. The molecule has 3 rings (SSSR count). The first-order valence-electron chi connectivity index (χ1n) is 7.82. The van der Waals surface area contributed by atoms with Crippen LogP contribution in [0.2, 0.25) is 0 Å². The molecule has 0 aliphatic carbocycles. The van der Waals surface area contributed by atoms with Crippen LogP contribution in [0.4, 0.5) is 10.7 Å². The molecule has 2 aromatic carbocycles. The molecule has 27 heavy (non-hydrogen) atoms. The summed E-state index contributed by atoms with van der Waals surface area (Å²) in [7, 11) is -4.52. The number of hydroxylamine groups is 1. The van der Waals surface area contributed by atoms with E-state index in [4.69, 9.17) is 5.21 Å². The number of nitrogens with one attached hydrogen (secondary N) is 1. The minimum atomic E-state index is -4.52. The Kier molecular flexibility index (Phi) is 5.57. The topological polar surface area (TPSA) is 107 Å². The zero-order valence-corrected chi connectivity index (χ0v) is 15.5. The number of benzene rings is 2. The molecule has 3 N–H and O–H groups in total. The fraction of sp³-hybridized carbons (Fsp3) is 0.0556. The van der Waals surface area contributed by atoms with Crippen LogP contribution >= 0.6 is 11.3 Å². The van der Waals surface area contributed by atoms with Crippen LogP contribution in [0.5, 0.6) is 0 Å². The third-order valence-electron chi connectivity index (χ3n) is 3.90. The number of carbonyl (C=O) groups excluding carboxylic acids is 1. The minimum absolute atomic E-state index is 0.222. The summed E-state index contributed by atoms with van der Waals surface area (Å²) in [5, 5.41) is 11.1. The third kappa shape index (κ3) is 4.17. The number of carbonyl (C=O) groups is 1. The average Bonchev–Trinajstić information content (AvgIpc) is 3.17. The summed E-state index contributed by atoms with van der Waals surface area (Å²) in [6, 6.07) is 18.2. The molecule has 1 heterocycles. The average molecular weight is 404 g/mol. The lowest BCUT2D eigenvalue weighted by Crippen LogP contribution is -2.27. The maximum absolute atomic E-state index is 12.2. The number of rotatable bonds is 6. The SMILES string of the molecule is O=C(NO)C(c1ccccc1)c1ccc(N(c2cccs2)S(=O)(=O)O)cc1. The minimum Gasteiger partial charge on any atom is -0.289 e. The van der Waals surface area contributed by atoms with E-state index in [1.54, 1.807) is 59.4 Å². The molecule has 1 unspecified atom stereocenters. The molecule has 1 atom stereocenters. The van der Waals surface area contributed by atoms with Gasteiger partial charge in [0.15, 0.2) is 0 Å². The molecule has 0 spiro atoms. The lowest BCUT2D eigenvalue weighted by Gasteiger charge is -2.21. The summed E-state index contributed by atoms with van der Waals surface area (Å²) >= 11 is 1.16. The Morgan fingerprint density at radius 2 is 1.59 bits per heavy atom. The van der Waals surface area contributed by atoms with Crippen molar-refractivity contribution in [2.45, 2.75) is 5.92 Å². The molecule has 0 saturated heterocycles. The quantitative estimate of drug-likeness (QED) is 0.332. The van der Waals surface area contributed by atoms with Gasteiger partial charge in [-0.2, -0.15) is 8.42 Å². The number of nitrogens with zero attached hydrogens (tertiary/aromatic N) is 1. The zero-order valence-electron chi connectivity index (χ0n) is 13.9. The van der Waals surface area contributed by atoms with Crippen LogP contribution in [0.25, 0.3) is 0 Å². The summed E-state index contributed by atoms with van der Waals surface area (Å²) in [5.74, 6) is -1.38. The summed E-state index contributed by atoms with van der Waals surface area (Å²) < 4.78 is 34.0. The van der Waals surface area contributed by atoms with Gasteiger partial charge in [0.2, 0.25) is 0 Å². The Balaban J connectivity index is 2.01. The van der Waals surface area contributed by atoms with E-state index in [9.17, 15) is 17.8 Å². The second-order valence-corrected chi connectivity index (χ2v) is 7.79. The second kappa shape index (κ2) is 7.89. The van der Waals surface area contributed by atoms with Crippen LogP contribution in [0, 0.1) is 0 Å². The van der Waals surface area contributed by atoms with Crippen LogP contribution in [0.3, 0.4) is 0 Å². The highest BCUT2D eigenvalue weighted by molar-refractivity contribution is 7.87. The molecule has 0 aliphatic rings. The van der Waals surface area contributed by atoms with E-state index >= 15 is 0 Å². The molecule has 3 aromatic rings. The van der Waals surface area contributed by atoms with Crippen LogP contribution in [-0.2, 0) is 15.1 Å². The molecule has 9 heteroatoms. The maximum atomic E-state index is 12.2. The summed E-state index contributed by atoms with van der Waals surface area (Å²) in [6.07, 6.45) is 0. The molecule has 7 nitrogen and oxygen atoms in total. The van der Waals surface area contributed by atoms with E-state index in [-0.39, 0.29) is 5.69 Å². The molecule has 1 aromatic heterocycles. The van der Waals surface area contributed by atoms with Crippen LogP contribution in [-0.4, -0.2) is 24.1 Å². The van der Waals surface area contributed by atoms with Crippen molar-refractivity contribution < 1.29 is 23.0 Å². The maximum Gasteiger partial charge on any atom is 0.365 e. The lowest BCUT2D eigenvalue weighted by atomic mass is 9.90. The Bertz CT molecular complexity index is 1000. The van der Waals surface area contributed by atoms with Gasteiger partial charge in [0.25, 0.3) is 5.91 Å². The van der Waals surface area contributed by atoms with Crippen molar-refractivity contribution >= 4 is 38.2 Å². The third-order valence-corrected chi connectivity index (χ3v) is 5.74. The summed E-state index contributed by atoms with van der Waals surface area (Å²) in [5.41, 5.74) is 3.11. The normalized spacial score (nSPS) is 12.4. The number of anilines is 2. The van der Waals surface area contributed by atoms with Gasteiger partial charge >= 0.3 is 10.3 Å².